The van der Waals surface area contributed by atoms with Gasteiger partial charge in [-0.25, -0.2) is 4.98 Å². The number of aromatic nitrogens is 3. The summed E-state index contributed by atoms with van der Waals surface area (Å²) in [6, 6.07) is 8.89. The Morgan fingerprint density at radius 3 is 2.79 bits per heavy atom. The van der Waals surface area contributed by atoms with E-state index in [9.17, 15) is 4.79 Å². The molecule has 0 bridgehead atoms. The Labute approximate surface area is 117 Å². The highest BCUT2D eigenvalue weighted by Crippen LogP contribution is 2.12. The van der Waals surface area contributed by atoms with Crippen LogP contribution >= 0.6 is 22.9 Å². The first-order valence-electron chi connectivity index (χ1n) is 5.49. The van der Waals surface area contributed by atoms with Crippen LogP contribution < -0.4 is 5.56 Å². The summed E-state index contributed by atoms with van der Waals surface area (Å²) in [6.07, 6.45) is 3.68. The van der Waals surface area contributed by atoms with Crippen molar-refractivity contribution < 1.29 is 0 Å². The average molecular weight is 290 g/mol. The van der Waals surface area contributed by atoms with Gasteiger partial charge in [0, 0.05) is 11.1 Å². The van der Waals surface area contributed by atoms with Gasteiger partial charge in [0.15, 0.2) is 0 Å². The van der Waals surface area contributed by atoms with E-state index >= 15 is 0 Å². The minimum absolute atomic E-state index is 0.179. The van der Waals surface area contributed by atoms with Gasteiger partial charge in [-0.05, 0) is 23.8 Å². The van der Waals surface area contributed by atoms with Gasteiger partial charge in [-0.2, -0.15) is 9.61 Å². The van der Waals surface area contributed by atoms with Crippen molar-refractivity contribution >= 4 is 40.1 Å². The topological polar surface area (TPSA) is 47.3 Å². The van der Waals surface area contributed by atoms with Crippen molar-refractivity contribution in [1.82, 2.24) is 14.6 Å². The molecule has 0 aliphatic carbocycles. The van der Waals surface area contributed by atoms with Crippen LogP contribution in [0.5, 0.6) is 0 Å². The molecule has 0 radical (unpaired) electrons. The molecule has 0 amide bonds. The van der Waals surface area contributed by atoms with Crippen molar-refractivity contribution in [3.05, 3.63) is 62.5 Å². The molecule has 1 aromatic carbocycles. The van der Waals surface area contributed by atoms with Gasteiger partial charge in [0.25, 0.3) is 5.56 Å². The van der Waals surface area contributed by atoms with Gasteiger partial charge in [-0.3, -0.25) is 4.79 Å². The molecule has 0 N–H and O–H groups in total. The number of halogens is 1. The zero-order valence-electron chi connectivity index (χ0n) is 9.65. The van der Waals surface area contributed by atoms with Crippen LogP contribution in [0.4, 0.5) is 0 Å². The maximum absolute atomic E-state index is 11.7. The summed E-state index contributed by atoms with van der Waals surface area (Å²) in [4.78, 5) is 16.7. The Hall–Kier alpha value is -1.98. The van der Waals surface area contributed by atoms with Gasteiger partial charge in [0.05, 0.1) is 5.69 Å². The number of fused-ring (bicyclic) bond motifs is 1. The molecule has 4 nitrogen and oxygen atoms in total. The van der Waals surface area contributed by atoms with E-state index in [2.05, 4.69) is 10.1 Å². The highest BCUT2D eigenvalue weighted by atomic mass is 35.5. The second-order valence-electron chi connectivity index (χ2n) is 3.84. The van der Waals surface area contributed by atoms with Crippen LogP contribution in [0.25, 0.3) is 17.1 Å². The molecule has 0 saturated heterocycles. The van der Waals surface area contributed by atoms with Crippen molar-refractivity contribution in [2.45, 2.75) is 0 Å². The molecule has 0 spiro atoms. The van der Waals surface area contributed by atoms with E-state index in [1.807, 2.05) is 30.3 Å². The summed E-state index contributed by atoms with van der Waals surface area (Å²) in [5.41, 5.74) is 3.03. The number of hydrogen-bond acceptors (Lipinski definition) is 4. The van der Waals surface area contributed by atoms with E-state index in [0.717, 1.165) is 5.56 Å². The van der Waals surface area contributed by atoms with E-state index < -0.39 is 0 Å². The van der Waals surface area contributed by atoms with Crippen molar-refractivity contribution in [2.24, 2.45) is 0 Å². The summed E-state index contributed by atoms with van der Waals surface area (Å²) >= 11 is 7.15. The van der Waals surface area contributed by atoms with Crippen molar-refractivity contribution in [3.63, 3.8) is 0 Å². The summed E-state index contributed by atoms with van der Waals surface area (Å²) < 4.78 is 1.28. The molecular weight excluding hydrogens is 282 g/mol. The number of hydrogen-bond donors (Lipinski definition) is 0. The van der Waals surface area contributed by atoms with E-state index in [1.54, 1.807) is 11.6 Å². The molecule has 0 aliphatic heterocycles. The van der Waals surface area contributed by atoms with Crippen molar-refractivity contribution in [3.8, 4) is 0 Å². The number of benzene rings is 1. The van der Waals surface area contributed by atoms with Crippen LogP contribution in [0.15, 0.2) is 40.6 Å². The van der Waals surface area contributed by atoms with Crippen LogP contribution in [-0.2, 0) is 0 Å². The molecule has 0 saturated carbocycles. The van der Waals surface area contributed by atoms with E-state index in [0.29, 0.717) is 15.7 Å². The van der Waals surface area contributed by atoms with Gasteiger partial charge in [-0.15, -0.1) is 0 Å². The molecular formula is C13H8ClN3OS. The first-order valence-corrected chi connectivity index (χ1v) is 6.75. The highest BCUT2D eigenvalue weighted by Gasteiger charge is 2.01. The minimum atomic E-state index is -0.179. The molecule has 6 heteroatoms. The van der Waals surface area contributed by atoms with Crippen LogP contribution in [-0.4, -0.2) is 14.6 Å². The molecule has 0 unspecified atom stereocenters. The van der Waals surface area contributed by atoms with Crippen molar-refractivity contribution in [2.75, 3.05) is 0 Å². The Kier molecular flexibility index (Phi) is 3.15. The fourth-order valence-corrected chi connectivity index (χ4v) is 2.37. The summed E-state index contributed by atoms with van der Waals surface area (Å²) in [7, 11) is 0. The lowest BCUT2D eigenvalue weighted by molar-refractivity contribution is 0.897. The second-order valence-corrected chi connectivity index (χ2v) is 5.09. The summed E-state index contributed by atoms with van der Waals surface area (Å²) in [5.74, 6) is 0. The SMILES string of the molecule is O=c1cc(C=Cc2ccc(Cl)cc2)nc2scnn12. The highest BCUT2D eigenvalue weighted by molar-refractivity contribution is 7.14. The minimum Gasteiger partial charge on any atom is -0.267 e. The monoisotopic (exact) mass is 289 g/mol. The number of nitrogens with zero attached hydrogens (tertiary/aromatic N) is 3. The third kappa shape index (κ3) is 2.57. The molecule has 0 aliphatic rings. The lowest BCUT2D eigenvalue weighted by atomic mass is 10.2. The maximum Gasteiger partial charge on any atom is 0.275 e. The third-order valence-electron chi connectivity index (χ3n) is 2.52. The Balaban J connectivity index is 1.96. The molecule has 2 aromatic heterocycles. The van der Waals surface area contributed by atoms with Crippen LogP contribution in [0.3, 0.4) is 0 Å². The predicted octanol–water partition coefficient (Wildman–Crippen LogP) is 2.97. The molecule has 19 heavy (non-hydrogen) atoms. The number of rotatable bonds is 2. The molecule has 0 atom stereocenters. The molecule has 2 heterocycles. The Morgan fingerprint density at radius 1 is 1.21 bits per heavy atom. The van der Waals surface area contributed by atoms with Gasteiger partial charge >= 0.3 is 0 Å². The quantitative estimate of drug-likeness (QED) is 0.729. The average Bonchev–Trinajstić information content (AvgIpc) is 2.87. The third-order valence-corrected chi connectivity index (χ3v) is 3.45. The van der Waals surface area contributed by atoms with Gasteiger partial charge in [0.1, 0.15) is 5.51 Å². The Morgan fingerprint density at radius 2 is 2.00 bits per heavy atom. The fourth-order valence-electron chi connectivity index (χ4n) is 1.61. The standard InChI is InChI=1S/C13H8ClN3OS/c14-10-4-1-9(2-5-10)3-6-11-7-12(18)17-13(16-11)19-8-15-17/h1-8H. The fraction of sp³-hybridized carbons (Fsp3) is 0. The van der Waals surface area contributed by atoms with Gasteiger partial charge in [-0.1, -0.05) is 41.1 Å². The first-order chi connectivity index (χ1) is 9.22. The van der Waals surface area contributed by atoms with Crippen LogP contribution in [0, 0.1) is 0 Å². The zero-order chi connectivity index (χ0) is 13.2. The summed E-state index contributed by atoms with van der Waals surface area (Å²) in [6.45, 7) is 0. The normalized spacial score (nSPS) is 11.4. The maximum atomic E-state index is 11.7. The lowest BCUT2D eigenvalue weighted by Gasteiger charge is -1.95. The first kappa shape index (κ1) is 12.1. The van der Waals surface area contributed by atoms with E-state index in [4.69, 9.17) is 11.6 Å². The second kappa shape index (κ2) is 4.95. The molecule has 3 aromatic rings. The van der Waals surface area contributed by atoms with E-state index in [-0.39, 0.29) is 5.56 Å². The summed E-state index contributed by atoms with van der Waals surface area (Å²) in [5, 5.41) is 4.60. The zero-order valence-corrected chi connectivity index (χ0v) is 11.2. The van der Waals surface area contributed by atoms with Gasteiger partial charge < -0.3 is 0 Å². The predicted molar refractivity (Wildman–Crippen MR) is 77.5 cm³/mol. The molecule has 0 fully saturated rings. The van der Waals surface area contributed by atoms with Crippen LogP contribution in [0.1, 0.15) is 11.3 Å². The van der Waals surface area contributed by atoms with Crippen molar-refractivity contribution in [1.29, 1.82) is 0 Å². The largest absolute Gasteiger partial charge is 0.275 e. The smallest absolute Gasteiger partial charge is 0.267 e. The van der Waals surface area contributed by atoms with Crippen LogP contribution in [0.2, 0.25) is 5.02 Å². The molecule has 3 rings (SSSR count). The van der Waals surface area contributed by atoms with Gasteiger partial charge in [0.2, 0.25) is 4.96 Å². The van der Waals surface area contributed by atoms with E-state index in [1.165, 1.54) is 21.9 Å². The Bertz CT molecular complexity index is 805. The lowest BCUT2D eigenvalue weighted by Crippen LogP contribution is -2.13. The molecule has 94 valence electrons.